The summed E-state index contributed by atoms with van der Waals surface area (Å²) in [6.45, 7) is 0. The SMILES string of the molecule is CN(S(Br)(Br)Br)S(Br)(Br)Br. The largest absolute Gasteiger partial charge is 0.180 e. The maximum Gasteiger partial charge on any atom is 0.0103 e. The van der Waals surface area contributed by atoms with Crippen LogP contribution in [0.4, 0.5) is 0 Å². The molecule has 0 N–H and O–H groups in total. The van der Waals surface area contributed by atoms with E-state index in [0.29, 0.717) is 0 Å². The molecule has 0 unspecified atom stereocenters. The molecule has 0 rings (SSSR count). The lowest BCUT2D eigenvalue weighted by Gasteiger charge is -2.38. The standard InChI is InChI=1S/CH3Br6NS2/c1-8(9(2,3)4)10(5,6)7/h1H3. The molecular formula is CH3Br6NS2. The summed E-state index contributed by atoms with van der Waals surface area (Å²) in [6, 6.07) is 0. The van der Waals surface area contributed by atoms with Crippen molar-refractivity contribution in [2.75, 3.05) is 7.05 Å². The molecule has 0 radical (unpaired) electrons. The molecule has 10 heavy (non-hydrogen) atoms. The van der Waals surface area contributed by atoms with Crippen LogP contribution in [0.1, 0.15) is 0 Å². The molecule has 0 heterocycles. The Kier molecular flexibility index (Phi) is 6.58. The van der Waals surface area contributed by atoms with Gasteiger partial charge in [-0.25, -0.2) is 0 Å². The molecule has 9 heteroatoms. The fourth-order valence-corrected chi connectivity index (χ4v) is 23.3. The van der Waals surface area contributed by atoms with E-state index in [1.165, 1.54) is 0 Å². The molecule has 0 bridgehead atoms. The highest BCUT2D eigenvalue weighted by atomic mass is 80.0. The Labute approximate surface area is 109 Å². The lowest BCUT2D eigenvalue weighted by Crippen LogP contribution is -2.05. The summed E-state index contributed by atoms with van der Waals surface area (Å²) in [4.78, 5) is 0. The van der Waals surface area contributed by atoms with Crippen LogP contribution in [0.25, 0.3) is 0 Å². The van der Waals surface area contributed by atoms with Crippen LogP contribution < -0.4 is 0 Å². The van der Waals surface area contributed by atoms with Gasteiger partial charge >= 0.3 is 0 Å². The minimum atomic E-state index is -1.19. The van der Waals surface area contributed by atoms with E-state index < -0.39 is 11.0 Å². The Morgan fingerprint density at radius 3 is 1.00 bits per heavy atom. The third-order valence-corrected chi connectivity index (χ3v) is 14.4. The van der Waals surface area contributed by atoms with Gasteiger partial charge in [0.1, 0.15) is 0 Å². The second-order valence-electron chi connectivity index (χ2n) is 1.20. The third-order valence-electron chi connectivity index (χ3n) is 0.583. The molecule has 0 fully saturated rings. The van der Waals surface area contributed by atoms with Gasteiger partial charge in [0, 0.05) is 107 Å². The van der Waals surface area contributed by atoms with E-state index in [9.17, 15) is 0 Å². The number of hydrogen-bond acceptors (Lipinski definition) is 1. The predicted octanol–water partition coefficient (Wildman–Crippen LogP) is 6.22. The molecule has 0 saturated carbocycles. The topological polar surface area (TPSA) is 3.24 Å². The lowest BCUT2D eigenvalue weighted by atomic mass is 11.6. The quantitative estimate of drug-likeness (QED) is 0.380. The van der Waals surface area contributed by atoms with Crippen LogP contribution in [0.5, 0.6) is 0 Å². The monoisotopic (exact) mass is 566 g/mol. The Hall–Kier alpha value is 3.54. The molecule has 0 aliphatic heterocycles. The molecule has 0 saturated heterocycles. The number of hydrogen-bond donors (Lipinski definition) is 0. The summed E-state index contributed by atoms with van der Waals surface area (Å²) in [5, 5.41) is 0. The van der Waals surface area contributed by atoms with Crippen LogP contribution in [-0.4, -0.2) is 10.8 Å². The smallest absolute Gasteiger partial charge is 0.0103 e. The zero-order valence-electron chi connectivity index (χ0n) is 4.53. The van der Waals surface area contributed by atoms with Crippen molar-refractivity contribution >= 4 is 99.9 Å². The van der Waals surface area contributed by atoms with Crippen molar-refractivity contribution in [2.45, 2.75) is 0 Å². The van der Waals surface area contributed by atoms with Crippen LogP contribution in [0.2, 0.25) is 0 Å². The van der Waals surface area contributed by atoms with E-state index in [-0.39, 0.29) is 0 Å². The molecule has 0 amide bonds. The molecule has 0 aromatic rings. The van der Waals surface area contributed by atoms with Gasteiger partial charge in [-0.2, -0.15) is 3.71 Å². The van der Waals surface area contributed by atoms with Gasteiger partial charge in [-0.1, -0.05) is 0 Å². The van der Waals surface area contributed by atoms with E-state index in [4.69, 9.17) is 0 Å². The molecule has 0 atom stereocenters. The first-order valence-corrected chi connectivity index (χ1v) is 16.0. The van der Waals surface area contributed by atoms with Crippen molar-refractivity contribution in [1.29, 1.82) is 0 Å². The van der Waals surface area contributed by atoms with Gasteiger partial charge < -0.3 is 0 Å². The molecular weight excluding hydrogens is 570 g/mol. The second kappa shape index (κ2) is 4.86. The van der Waals surface area contributed by atoms with Crippen molar-refractivity contribution in [3.8, 4) is 0 Å². The molecule has 0 aliphatic carbocycles. The Morgan fingerprint density at radius 2 is 1.00 bits per heavy atom. The fourth-order valence-electron chi connectivity index (χ4n) is 0.0958. The first-order chi connectivity index (χ1) is 4.15. The van der Waals surface area contributed by atoms with Gasteiger partial charge in [0.05, 0.1) is 0 Å². The molecule has 0 spiro atoms. The van der Waals surface area contributed by atoms with Crippen LogP contribution in [0, 0.1) is 0 Å². The summed E-state index contributed by atoms with van der Waals surface area (Å²) < 4.78 is 2.04. The van der Waals surface area contributed by atoms with Crippen molar-refractivity contribution in [2.24, 2.45) is 0 Å². The molecule has 66 valence electrons. The fraction of sp³-hybridized carbons (Fsp3) is 1.00. The average molecular weight is 573 g/mol. The van der Waals surface area contributed by atoms with E-state index in [2.05, 4.69) is 88.9 Å². The zero-order valence-corrected chi connectivity index (χ0v) is 15.7. The van der Waals surface area contributed by atoms with Crippen LogP contribution in [-0.2, 0) is 0 Å². The molecule has 1 nitrogen and oxygen atoms in total. The minimum absolute atomic E-state index is 1.19. The van der Waals surface area contributed by atoms with Gasteiger partial charge in [0.15, 0.2) is 0 Å². The van der Waals surface area contributed by atoms with Crippen LogP contribution >= 0.6 is 99.9 Å². The Balaban J connectivity index is 4.23. The average Bonchev–Trinajstić information content (AvgIpc) is 1.59. The highest BCUT2D eigenvalue weighted by molar-refractivity contribution is 10.2. The van der Waals surface area contributed by atoms with E-state index >= 15 is 0 Å². The predicted molar refractivity (Wildman–Crippen MR) is 76.5 cm³/mol. The first kappa shape index (κ1) is 13.5. The zero-order chi connectivity index (χ0) is 8.58. The first-order valence-electron chi connectivity index (χ1n) is 1.74. The van der Waals surface area contributed by atoms with E-state index in [1.54, 1.807) is 0 Å². The third kappa shape index (κ3) is 5.31. The van der Waals surface area contributed by atoms with Crippen molar-refractivity contribution in [1.82, 2.24) is 3.71 Å². The number of rotatable bonds is 2. The van der Waals surface area contributed by atoms with Gasteiger partial charge in [-0.15, -0.1) is 0 Å². The van der Waals surface area contributed by atoms with Crippen LogP contribution in [0.3, 0.4) is 0 Å². The second-order valence-corrected chi connectivity index (χ2v) is 36.6. The Bertz CT molecular complexity index is 99.9. The normalized spacial score (nSPS) is 17.6. The van der Waals surface area contributed by atoms with Gasteiger partial charge in [-0.3, -0.25) is 0 Å². The van der Waals surface area contributed by atoms with Crippen molar-refractivity contribution in [3.63, 3.8) is 0 Å². The van der Waals surface area contributed by atoms with E-state index in [0.717, 1.165) is 0 Å². The highest BCUT2D eigenvalue weighted by Crippen LogP contribution is 2.85. The van der Waals surface area contributed by atoms with Crippen molar-refractivity contribution < 1.29 is 0 Å². The number of halogens is 6. The Morgan fingerprint density at radius 1 is 0.800 bits per heavy atom. The maximum absolute atomic E-state index is 3.45. The molecule has 0 aromatic heterocycles. The molecule has 0 aliphatic rings. The summed E-state index contributed by atoms with van der Waals surface area (Å²) in [7, 11) is 1.96. The summed E-state index contributed by atoms with van der Waals surface area (Å²) in [5.41, 5.74) is -2.39. The highest BCUT2D eigenvalue weighted by Gasteiger charge is 2.30. The maximum atomic E-state index is 3.45. The summed E-state index contributed by atoms with van der Waals surface area (Å²) in [6.07, 6.45) is 0. The van der Waals surface area contributed by atoms with Crippen molar-refractivity contribution in [3.05, 3.63) is 0 Å². The summed E-state index contributed by atoms with van der Waals surface area (Å²) >= 11 is 20.7. The van der Waals surface area contributed by atoms with Gasteiger partial charge in [-0.05, 0) is 0 Å². The molecule has 0 aromatic carbocycles. The van der Waals surface area contributed by atoms with Gasteiger partial charge in [0.25, 0.3) is 0 Å². The van der Waals surface area contributed by atoms with E-state index in [1.807, 2.05) is 10.8 Å². The number of nitrogens with zero attached hydrogens (tertiary/aromatic N) is 1. The lowest BCUT2D eigenvalue weighted by molar-refractivity contribution is 0.961. The van der Waals surface area contributed by atoms with Crippen LogP contribution in [0.15, 0.2) is 0 Å². The minimum Gasteiger partial charge on any atom is -0.180 e. The summed E-state index contributed by atoms with van der Waals surface area (Å²) in [5.74, 6) is 0. The van der Waals surface area contributed by atoms with Gasteiger partial charge in [0.2, 0.25) is 0 Å².